The number of H-pyrrole nitrogens is 1. The molecule has 0 saturated heterocycles. The number of carbonyl (C=O) groups excluding carboxylic acids is 1. The first kappa shape index (κ1) is 16.0. The molecule has 1 heterocycles. The predicted molar refractivity (Wildman–Crippen MR) is 80.2 cm³/mol. The molecule has 1 aromatic heterocycles. The SMILES string of the molecule is CC1CCC(CCNC(=O)c2cc(S(N)(=O)=O)c[nH]2)CC1. The maximum absolute atomic E-state index is 11.9. The lowest BCUT2D eigenvalue weighted by Crippen LogP contribution is -2.27. The zero-order chi connectivity index (χ0) is 15.5. The number of hydrogen-bond donors (Lipinski definition) is 3. The van der Waals surface area contributed by atoms with E-state index in [4.69, 9.17) is 5.14 Å². The van der Waals surface area contributed by atoms with Crippen molar-refractivity contribution in [1.29, 1.82) is 0 Å². The zero-order valence-electron chi connectivity index (χ0n) is 12.3. The zero-order valence-corrected chi connectivity index (χ0v) is 13.1. The number of aromatic amines is 1. The Kier molecular flexibility index (Phi) is 5.05. The van der Waals surface area contributed by atoms with Gasteiger partial charge >= 0.3 is 0 Å². The van der Waals surface area contributed by atoms with Gasteiger partial charge in [-0.1, -0.05) is 32.6 Å². The second kappa shape index (κ2) is 6.62. The first-order valence-electron chi connectivity index (χ1n) is 7.35. The van der Waals surface area contributed by atoms with Crippen LogP contribution < -0.4 is 10.5 Å². The Hall–Kier alpha value is -1.34. The molecule has 6 nitrogen and oxygen atoms in total. The molecule has 118 valence electrons. The van der Waals surface area contributed by atoms with Gasteiger partial charge in [0.25, 0.3) is 5.91 Å². The van der Waals surface area contributed by atoms with E-state index in [9.17, 15) is 13.2 Å². The minimum absolute atomic E-state index is 0.0751. The fourth-order valence-corrected chi connectivity index (χ4v) is 3.28. The van der Waals surface area contributed by atoms with Crippen molar-refractivity contribution in [2.45, 2.75) is 43.9 Å². The number of carbonyl (C=O) groups is 1. The van der Waals surface area contributed by atoms with E-state index in [-0.39, 0.29) is 16.5 Å². The summed E-state index contributed by atoms with van der Waals surface area (Å²) < 4.78 is 22.3. The van der Waals surface area contributed by atoms with Crippen LogP contribution in [-0.4, -0.2) is 25.9 Å². The highest BCUT2D eigenvalue weighted by molar-refractivity contribution is 7.89. The number of amides is 1. The Morgan fingerprint density at radius 1 is 1.38 bits per heavy atom. The van der Waals surface area contributed by atoms with Gasteiger partial charge in [-0.25, -0.2) is 13.6 Å². The van der Waals surface area contributed by atoms with E-state index in [1.54, 1.807) is 0 Å². The van der Waals surface area contributed by atoms with Gasteiger partial charge in [0.1, 0.15) is 5.69 Å². The molecule has 1 aromatic rings. The highest BCUT2D eigenvalue weighted by Crippen LogP contribution is 2.29. The maximum Gasteiger partial charge on any atom is 0.267 e. The molecule has 0 aliphatic heterocycles. The van der Waals surface area contributed by atoms with Gasteiger partial charge in [0, 0.05) is 12.7 Å². The Labute approximate surface area is 125 Å². The van der Waals surface area contributed by atoms with E-state index in [2.05, 4.69) is 17.2 Å². The Morgan fingerprint density at radius 2 is 2.05 bits per heavy atom. The fraction of sp³-hybridized carbons (Fsp3) is 0.643. The number of sulfonamides is 1. The topological polar surface area (TPSA) is 105 Å². The van der Waals surface area contributed by atoms with Gasteiger partial charge < -0.3 is 10.3 Å². The third kappa shape index (κ3) is 4.57. The lowest BCUT2D eigenvalue weighted by atomic mass is 9.81. The van der Waals surface area contributed by atoms with Crippen LogP contribution in [0.15, 0.2) is 17.2 Å². The smallest absolute Gasteiger partial charge is 0.267 e. The molecule has 1 amide bonds. The Bertz CT molecular complexity index is 586. The standard InChI is InChI=1S/C14H23N3O3S/c1-10-2-4-11(5-3-10)6-7-16-14(18)13-8-12(9-17-13)21(15,19)20/h8-11,17H,2-7H2,1H3,(H,16,18)(H2,15,19,20). The van der Waals surface area contributed by atoms with E-state index in [0.29, 0.717) is 12.5 Å². The van der Waals surface area contributed by atoms with Crippen molar-refractivity contribution in [1.82, 2.24) is 10.3 Å². The van der Waals surface area contributed by atoms with Crippen LogP contribution in [0.2, 0.25) is 0 Å². The molecule has 0 unspecified atom stereocenters. The van der Waals surface area contributed by atoms with E-state index in [0.717, 1.165) is 12.3 Å². The predicted octanol–water partition coefficient (Wildman–Crippen LogP) is 1.61. The highest BCUT2D eigenvalue weighted by atomic mass is 32.2. The molecule has 1 aliphatic rings. The molecule has 4 N–H and O–H groups in total. The molecule has 21 heavy (non-hydrogen) atoms. The summed E-state index contributed by atoms with van der Waals surface area (Å²) in [6, 6.07) is 1.26. The van der Waals surface area contributed by atoms with Crippen molar-refractivity contribution in [2.75, 3.05) is 6.54 Å². The summed E-state index contributed by atoms with van der Waals surface area (Å²) in [4.78, 5) is 14.5. The summed E-state index contributed by atoms with van der Waals surface area (Å²) in [6.07, 6.45) is 7.21. The molecule has 0 atom stereocenters. The fourth-order valence-electron chi connectivity index (χ4n) is 2.77. The van der Waals surface area contributed by atoms with Gasteiger partial charge in [0.05, 0.1) is 4.90 Å². The number of primary sulfonamides is 1. The monoisotopic (exact) mass is 313 g/mol. The molecule has 1 saturated carbocycles. The summed E-state index contributed by atoms with van der Waals surface area (Å²) in [7, 11) is -3.77. The van der Waals surface area contributed by atoms with Crippen LogP contribution in [0.25, 0.3) is 0 Å². The van der Waals surface area contributed by atoms with Crippen molar-refractivity contribution in [3.8, 4) is 0 Å². The normalized spacial score (nSPS) is 23.0. The lowest BCUT2D eigenvalue weighted by Gasteiger charge is -2.26. The molecule has 0 bridgehead atoms. The van der Waals surface area contributed by atoms with Crippen LogP contribution >= 0.6 is 0 Å². The molecule has 1 fully saturated rings. The van der Waals surface area contributed by atoms with Gasteiger partial charge in [-0.15, -0.1) is 0 Å². The molecular weight excluding hydrogens is 290 g/mol. The van der Waals surface area contributed by atoms with E-state index in [1.807, 2.05) is 0 Å². The summed E-state index contributed by atoms with van der Waals surface area (Å²) in [5.41, 5.74) is 0.219. The van der Waals surface area contributed by atoms with Gasteiger partial charge in [0.2, 0.25) is 10.0 Å². The first-order valence-corrected chi connectivity index (χ1v) is 8.90. The van der Waals surface area contributed by atoms with E-state index >= 15 is 0 Å². The van der Waals surface area contributed by atoms with Crippen molar-refractivity contribution >= 4 is 15.9 Å². The van der Waals surface area contributed by atoms with E-state index in [1.165, 1.54) is 37.9 Å². The van der Waals surface area contributed by atoms with Crippen LogP contribution in [0.1, 0.15) is 49.5 Å². The third-order valence-corrected chi connectivity index (χ3v) is 5.10. The van der Waals surface area contributed by atoms with Crippen molar-refractivity contribution in [3.63, 3.8) is 0 Å². The van der Waals surface area contributed by atoms with Crippen LogP contribution in [0.3, 0.4) is 0 Å². The average Bonchev–Trinajstić information content (AvgIpc) is 2.90. The van der Waals surface area contributed by atoms with Crippen LogP contribution in [0.4, 0.5) is 0 Å². The number of aromatic nitrogens is 1. The Morgan fingerprint density at radius 3 is 2.62 bits per heavy atom. The molecule has 7 heteroatoms. The molecular formula is C14H23N3O3S. The van der Waals surface area contributed by atoms with Gasteiger partial charge in [-0.2, -0.15) is 0 Å². The van der Waals surface area contributed by atoms with Crippen molar-refractivity contribution in [3.05, 3.63) is 18.0 Å². The van der Waals surface area contributed by atoms with Gasteiger partial charge in [0.15, 0.2) is 0 Å². The molecule has 0 spiro atoms. The summed E-state index contributed by atoms with van der Waals surface area (Å²) in [5, 5.41) is 7.82. The second-order valence-electron chi connectivity index (χ2n) is 5.96. The molecule has 0 radical (unpaired) electrons. The summed E-state index contributed by atoms with van der Waals surface area (Å²) in [6.45, 7) is 2.90. The minimum atomic E-state index is -3.77. The van der Waals surface area contributed by atoms with Crippen molar-refractivity contribution in [2.24, 2.45) is 17.0 Å². The van der Waals surface area contributed by atoms with Crippen LogP contribution in [0.5, 0.6) is 0 Å². The van der Waals surface area contributed by atoms with Crippen LogP contribution in [-0.2, 0) is 10.0 Å². The number of hydrogen-bond acceptors (Lipinski definition) is 3. The van der Waals surface area contributed by atoms with Gasteiger partial charge in [-0.05, 0) is 24.3 Å². The van der Waals surface area contributed by atoms with Crippen LogP contribution in [0, 0.1) is 11.8 Å². The number of rotatable bonds is 5. The largest absolute Gasteiger partial charge is 0.356 e. The molecule has 0 aromatic carbocycles. The Balaban J connectivity index is 1.78. The minimum Gasteiger partial charge on any atom is -0.356 e. The quantitative estimate of drug-likeness (QED) is 0.769. The maximum atomic E-state index is 11.9. The lowest BCUT2D eigenvalue weighted by molar-refractivity contribution is 0.0945. The number of nitrogens with two attached hydrogens (primary N) is 1. The third-order valence-electron chi connectivity index (χ3n) is 4.20. The molecule has 1 aliphatic carbocycles. The summed E-state index contributed by atoms with van der Waals surface area (Å²) >= 11 is 0. The van der Waals surface area contributed by atoms with Gasteiger partial charge in [-0.3, -0.25) is 4.79 Å². The first-order chi connectivity index (χ1) is 9.86. The second-order valence-corrected chi connectivity index (χ2v) is 7.53. The highest BCUT2D eigenvalue weighted by Gasteiger charge is 2.18. The molecule has 2 rings (SSSR count). The van der Waals surface area contributed by atoms with Crippen molar-refractivity contribution < 1.29 is 13.2 Å². The average molecular weight is 313 g/mol. The van der Waals surface area contributed by atoms with E-state index < -0.39 is 10.0 Å². The number of nitrogens with one attached hydrogen (secondary N) is 2. The summed E-state index contributed by atoms with van der Waals surface area (Å²) in [5.74, 6) is 1.21.